The molecule has 0 aliphatic rings. The molecule has 0 fully saturated rings. The first kappa shape index (κ1) is 34.9. The van der Waals surface area contributed by atoms with E-state index in [1.807, 2.05) is 0 Å². The van der Waals surface area contributed by atoms with Gasteiger partial charge in [0.25, 0.3) is 0 Å². The Morgan fingerprint density at radius 2 is 0.568 bits per heavy atom. The molecule has 3 aromatic carbocycles. The van der Waals surface area contributed by atoms with Crippen molar-refractivity contribution in [1.29, 1.82) is 0 Å². The second-order valence-corrected chi connectivity index (χ2v) is 10.3. The second kappa shape index (κ2) is 20.4. The van der Waals surface area contributed by atoms with Gasteiger partial charge in [-0.05, 0) is 72.8 Å². The maximum Gasteiger partial charge on any atom is 0.475 e. The minimum absolute atomic E-state index is 0.0654. The molecule has 44 heavy (non-hydrogen) atoms. The number of hydrogen-bond donors (Lipinski definition) is 3. The van der Waals surface area contributed by atoms with E-state index >= 15 is 0 Å². The smallest absolute Gasteiger partial charge is 0.475 e. The predicted molar refractivity (Wildman–Crippen MR) is 159 cm³/mol. The summed E-state index contributed by atoms with van der Waals surface area (Å²) in [5.41, 5.74) is 0. The molecular formula is C30H39O13P. The molecule has 3 aromatic rings. The lowest BCUT2D eigenvalue weighted by Crippen LogP contribution is -2.13. The van der Waals surface area contributed by atoms with Gasteiger partial charge < -0.3 is 43.7 Å². The fraction of sp³-hybridized carbons (Fsp3) is 0.400. The largest absolute Gasteiger partial charge is 0.491 e. The standard InChI is InChI=1S/C30H39O13P/c31-13-16-35-25-1-7-28(8-2-25)38-19-22-41-44(34,42-23-20-39-29-9-3-26(4-10-29)36-17-14-32)43-24-21-40-30-11-5-27(6-12-30)37-18-15-33/h1-12,31-33H,13-24H2. The van der Waals surface area contributed by atoms with Gasteiger partial charge in [-0.15, -0.1) is 0 Å². The zero-order chi connectivity index (χ0) is 31.3. The maximum absolute atomic E-state index is 13.3. The Kier molecular flexibility index (Phi) is 16.2. The Labute approximate surface area is 256 Å². The quantitative estimate of drug-likeness (QED) is 0.0967. The molecule has 242 valence electrons. The molecule has 0 amide bonds. The van der Waals surface area contributed by atoms with Crippen molar-refractivity contribution >= 4 is 7.82 Å². The van der Waals surface area contributed by atoms with Gasteiger partial charge in [-0.25, -0.2) is 4.57 Å². The minimum Gasteiger partial charge on any atom is -0.491 e. The second-order valence-electron chi connectivity index (χ2n) is 8.62. The highest BCUT2D eigenvalue weighted by molar-refractivity contribution is 7.48. The first-order chi connectivity index (χ1) is 21.5. The van der Waals surface area contributed by atoms with Crippen molar-refractivity contribution in [1.82, 2.24) is 0 Å². The number of phosphoric ester groups is 1. The molecule has 0 saturated carbocycles. The van der Waals surface area contributed by atoms with Crippen LogP contribution in [0, 0.1) is 0 Å². The van der Waals surface area contributed by atoms with E-state index in [1.54, 1.807) is 72.8 Å². The van der Waals surface area contributed by atoms with Crippen molar-refractivity contribution < 1.29 is 61.9 Å². The van der Waals surface area contributed by atoms with E-state index in [4.69, 9.17) is 57.3 Å². The summed E-state index contributed by atoms with van der Waals surface area (Å²) in [6, 6.07) is 20.4. The Morgan fingerprint density at radius 1 is 0.364 bits per heavy atom. The normalized spacial score (nSPS) is 11.2. The van der Waals surface area contributed by atoms with Crippen LogP contribution in [0.3, 0.4) is 0 Å². The average molecular weight is 639 g/mol. The van der Waals surface area contributed by atoms with Gasteiger partial charge in [-0.1, -0.05) is 0 Å². The third-order valence-electron chi connectivity index (χ3n) is 5.36. The van der Waals surface area contributed by atoms with Crippen molar-refractivity contribution in [2.75, 3.05) is 79.3 Å². The molecule has 0 aliphatic heterocycles. The summed E-state index contributed by atoms with van der Waals surface area (Å²) in [7, 11) is -4.02. The molecule has 0 radical (unpaired) electrons. The number of benzene rings is 3. The summed E-state index contributed by atoms with van der Waals surface area (Å²) in [6.07, 6.45) is 0. The van der Waals surface area contributed by atoms with E-state index in [0.717, 1.165) is 0 Å². The van der Waals surface area contributed by atoms with Crippen molar-refractivity contribution in [2.24, 2.45) is 0 Å². The molecule has 14 heteroatoms. The summed E-state index contributed by atoms with van der Waals surface area (Å²) in [4.78, 5) is 0. The zero-order valence-electron chi connectivity index (χ0n) is 24.3. The highest BCUT2D eigenvalue weighted by atomic mass is 31.2. The third-order valence-corrected chi connectivity index (χ3v) is 6.85. The van der Waals surface area contributed by atoms with E-state index in [0.29, 0.717) is 34.5 Å². The predicted octanol–water partition coefficient (Wildman–Crippen LogP) is 3.49. The molecule has 0 heterocycles. The molecule has 3 rings (SSSR count). The highest BCUT2D eigenvalue weighted by Crippen LogP contribution is 2.49. The molecule has 0 unspecified atom stereocenters. The summed E-state index contributed by atoms with van der Waals surface area (Å²) < 4.78 is 62.7. The highest BCUT2D eigenvalue weighted by Gasteiger charge is 2.27. The number of rotatable bonds is 24. The number of phosphoric acid groups is 1. The zero-order valence-corrected chi connectivity index (χ0v) is 25.2. The van der Waals surface area contributed by atoms with Crippen LogP contribution in [-0.4, -0.2) is 94.6 Å². The van der Waals surface area contributed by atoms with Crippen LogP contribution in [0.1, 0.15) is 0 Å². The van der Waals surface area contributed by atoms with Crippen molar-refractivity contribution in [3.8, 4) is 34.5 Å². The van der Waals surface area contributed by atoms with Gasteiger partial charge in [-0.3, -0.25) is 13.6 Å². The van der Waals surface area contributed by atoms with Gasteiger partial charge in [-0.2, -0.15) is 0 Å². The van der Waals surface area contributed by atoms with Crippen LogP contribution in [0.2, 0.25) is 0 Å². The SMILES string of the molecule is O=P(OCCOc1ccc(OCCO)cc1)(OCCOc1ccc(OCCO)cc1)OCCOc1ccc(OCCO)cc1. The maximum atomic E-state index is 13.3. The van der Waals surface area contributed by atoms with E-state index in [-0.39, 0.29) is 79.3 Å². The van der Waals surface area contributed by atoms with E-state index in [9.17, 15) is 4.57 Å². The molecule has 0 spiro atoms. The Morgan fingerprint density at radius 3 is 0.773 bits per heavy atom. The fourth-order valence-electron chi connectivity index (χ4n) is 3.42. The number of ether oxygens (including phenoxy) is 6. The van der Waals surface area contributed by atoms with Gasteiger partial charge >= 0.3 is 7.82 Å². The summed E-state index contributed by atoms with van der Waals surface area (Å²) >= 11 is 0. The first-order valence-electron chi connectivity index (χ1n) is 14.0. The number of aliphatic hydroxyl groups is 3. The third kappa shape index (κ3) is 13.8. The fourth-order valence-corrected chi connectivity index (χ4v) is 4.54. The number of aliphatic hydroxyl groups excluding tert-OH is 3. The van der Waals surface area contributed by atoms with Crippen molar-refractivity contribution in [3.63, 3.8) is 0 Å². The van der Waals surface area contributed by atoms with E-state index < -0.39 is 7.82 Å². The van der Waals surface area contributed by atoms with Crippen LogP contribution in [0.15, 0.2) is 72.8 Å². The molecule has 13 nitrogen and oxygen atoms in total. The first-order valence-corrected chi connectivity index (χ1v) is 15.4. The minimum atomic E-state index is -4.02. The summed E-state index contributed by atoms with van der Waals surface area (Å²) in [5, 5.41) is 26.6. The summed E-state index contributed by atoms with van der Waals surface area (Å²) in [5.74, 6) is 3.41. The number of hydrogen-bond acceptors (Lipinski definition) is 13. The Balaban J connectivity index is 1.45. The summed E-state index contributed by atoms with van der Waals surface area (Å²) in [6.45, 7) is 0.257. The van der Waals surface area contributed by atoms with Crippen LogP contribution in [0.25, 0.3) is 0 Å². The lowest BCUT2D eigenvalue weighted by atomic mass is 10.3. The van der Waals surface area contributed by atoms with Crippen LogP contribution in [0.5, 0.6) is 34.5 Å². The molecule has 0 atom stereocenters. The lowest BCUT2D eigenvalue weighted by Gasteiger charge is -2.19. The van der Waals surface area contributed by atoms with Gasteiger partial charge in [0.2, 0.25) is 0 Å². The van der Waals surface area contributed by atoms with Gasteiger partial charge in [0.15, 0.2) is 0 Å². The topological polar surface area (TPSA) is 161 Å². The van der Waals surface area contributed by atoms with E-state index in [1.165, 1.54) is 0 Å². The van der Waals surface area contributed by atoms with E-state index in [2.05, 4.69) is 0 Å². The average Bonchev–Trinajstić information content (AvgIpc) is 3.06. The molecular weight excluding hydrogens is 599 g/mol. The Hall–Kier alpha value is -3.55. The molecule has 0 aliphatic carbocycles. The van der Waals surface area contributed by atoms with Crippen molar-refractivity contribution in [2.45, 2.75) is 0 Å². The molecule has 0 aromatic heterocycles. The van der Waals surface area contributed by atoms with Gasteiger partial charge in [0.1, 0.15) is 74.1 Å². The van der Waals surface area contributed by atoms with Gasteiger partial charge in [0.05, 0.1) is 39.6 Å². The molecule has 3 N–H and O–H groups in total. The van der Waals surface area contributed by atoms with Crippen LogP contribution in [-0.2, 0) is 18.1 Å². The van der Waals surface area contributed by atoms with Crippen molar-refractivity contribution in [3.05, 3.63) is 72.8 Å². The molecule has 0 saturated heterocycles. The monoisotopic (exact) mass is 638 g/mol. The van der Waals surface area contributed by atoms with Crippen LogP contribution in [0.4, 0.5) is 0 Å². The van der Waals surface area contributed by atoms with Gasteiger partial charge in [0, 0.05) is 0 Å². The Bertz CT molecular complexity index is 1060. The van der Waals surface area contributed by atoms with Crippen LogP contribution >= 0.6 is 7.82 Å². The lowest BCUT2D eigenvalue weighted by molar-refractivity contribution is 0.0806. The van der Waals surface area contributed by atoms with Crippen LogP contribution < -0.4 is 28.4 Å². The molecule has 0 bridgehead atoms.